The molecule has 6 aromatic rings. The average molecular weight is 635 g/mol. The summed E-state index contributed by atoms with van der Waals surface area (Å²) in [7, 11) is 0. The van der Waals surface area contributed by atoms with Crippen molar-refractivity contribution in [2.45, 2.75) is 19.1 Å². The summed E-state index contributed by atoms with van der Waals surface area (Å²) in [5, 5.41) is 11.5. The third kappa shape index (κ3) is 5.36. The standard InChI is InChI=1S/C33H24BrN5O2S/c34-25-13-17-27(18-14-25)41-21-31-35-33-39(37-31)32(40)30(42-33)19-22-11-15-26(16-12-22)38-29(24-9-5-2-6-10-24)20-28(36-38)23-7-3-1-4-8-23/h1-19,29H,20-21H2. The molecule has 9 heteroatoms. The van der Waals surface area contributed by atoms with Gasteiger partial charge in [-0.15, -0.1) is 5.10 Å². The van der Waals surface area contributed by atoms with Gasteiger partial charge in [-0.2, -0.15) is 14.6 Å². The van der Waals surface area contributed by atoms with Crippen LogP contribution in [-0.4, -0.2) is 20.3 Å². The van der Waals surface area contributed by atoms with E-state index < -0.39 is 0 Å². The summed E-state index contributed by atoms with van der Waals surface area (Å²) >= 11 is 4.73. The van der Waals surface area contributed by atoms with Crippen molar-refractivity contribution in [3.63, 3.8) is 0 Å². The lowest BCUT2D eigenvalue weighted by molar-refractivity contribution is 0.296. The smallest absolute Gasteiger partial charge is 0.291 e. The van der Waals surface area contributed by atoms with Crippen LogP contribution >= 0.6 is 27.3 Å². The van der Waals surface area contributed by atoms with Crippen molar-refractivity contribution < 1.29 is 4.74 Å². The van der Waals surface area contributed by atoms with E-state index in [0.29, 0.717) is 21.1 Å². The molecule has 0 N–H and O–H groups in total. The Labute approximate surface area is 254 Å². The fourth-order valence-electron chi connectivity index (χ4n) is 4.98. The Morgan fingerprint density at radius 1 is 0.905 bits per heavy atom. The third-order valence-corrected chi connectivity index (χ3v) is 8.55. The molecule has 7 nitrogen and oxygen atoms in total. The van der Waals surface area contributed by atoms with E-state index in [0.717, 1.165) is 33.4 Å². The second-order valence-corrected chi connectivity index (χ2v) is 11.8. The molecule has 42 heavy (non-hydrogen) atoms. The zero-order valence-electron chi connectivity index (χ0n) is 22.3. The number of thiazole rings is 1. The SMILES string of the molecule is O=c1c(=Cc2ccc(N3N=C(c4ccccc4)CC3c3ccccc3)cc2)sc2nc(COc3ccc(Br)cc3)nn12. The third-order valence-electron chi connectivity index (χ3n) is 7.06. The number of fused-ring (bicyclic) bond motifs is 1. The summed E-state index contributed by atoms with van der Waals surface area (Å²) in [6.45, 7) is 0.185. The van der Waals surface area contributed by atoms with Crippen LogP contribution in [0.25, 0.3) is 11.0 Å². The molecule has 0 radical (unpaired) electrons. The van der Waals surface area contributed by atoms with E-state index in [-0.39, 0.29) is 18.2 Å². The van der Waals surface area contributed by atoms with Gasteiger partial charge < -0.3 is 4.74 Å². The van der Waals surface area contributed by atoms with E-state index in [4.69, 9.17) is 9.84 Å². The van der Waals surface area contributed by atoms with Crippen LogP contribution in [0.1, 0.15) is 35.0 Å². The number of anilines is 1. The quantitative estimate of drug-likeness (QED) is 0.204. The number of ether oxygens (including phenoxy) is 1. The van der Waals surface area contributed by atoms with Gasteiger partial charge in [-0.3, -0.25) is 9.80 Å². The predicted octanol–water partition coefficient (Wildman–Crippen LogP) is 6.40. The minimum atomic E-state index is -0.192. The fraction of sp³-hybridized carbons (Fsp3) is 0.0909. The largest absolute Gasteiger partial charge is 0.486 e. The maximum Gasteiger partial charge on any atom is 0.291 e. The number of hydrazone groups is 1. The van der Waals surface area contributed by atoms with Crippen LogP contribution in [0.5, 0.6) is 5.75 Å². The maximum atomic E-state index is 13.1. The van der Waals surface area contributed by atoms with E-state index in [1.54, 1.807) is 0 Å². The number of halogens is 1. The summed E-state index contributed by atoms with van der Waals surface area (Å²) in [6, 6.07) is 36.6. The first kappa shape index (κ1) is 26.3. The van der Waals surface area contributed by atoms with Gasteiger partial charge in [0.1, 0.15) is 12.4 Å². The van der Waals surface area contributed by atoms with Gasteiger partial charge >= 0.3 is 0 Å². The van der Waals surface area contributed by atoms with Gasteiger partial charge in [-0.05, 0) is 59.2 Å². The van der Waals surface area contributed by atoms with Gasteiger partial charge in [0.05, 0.1) is 22.0 Å². The number of hydrogen-bond donors (Lipinski definition) is 0. The van der Waals surface area contributed by atoms with Crippen LogP contribution in [0.3, 0.4) is 0 Å². The minimum Gasteiger partial charge on any atom is -0.486 e. The topological polar surface area (TPSA) is 72.1 Å². The van der Waals surface area contributed by atoms with Crippen LogP contribution in [0.2, 0.25) is 0 Å². The van der Waals surface area contributed by atoms with Crippen LogP contribution in [-0.2, 0) is 6.61 Å². The molecule has 206 valence electrons. The highest BCUT2D eigenvalue weighted by molar-refractivity contribution is 9.10. The molecule has 4 aromatic carbocycles. The fourth-order valence-corrected chi connectivity index (χ4v) is 6.17. The van der Waals surface area contributed by atoms with Gasteiger partial charge in [0.2, 0.25) is 4.96 Å². The Hall–Kier alpha value is -4.60. The van der Waals surface area contributed by atoms with E-state index >= 15 is 0 Å². The van der Waals surface area contributed by atoms with E-state index in [1.807, 2.05) is 66.7 Å². The molecule has 0 amide bonds. The molecule has 0 bridgehead atoms. The highest BCUT2D eigenvalue weighted by atomic mass is 79.9. The van der Waals surface area contributed by atoms with Gasteiger partial charge in [0.25, 0.3) is 5.56 Å². The Morgan fingerprint density at radius 2 is 1.62 bits per heavy atom. The zero-order valence-corrected chi connectivity index (χ0v) is 24.7. The lowest BCUT2D eigenvalue weighted by atomic mass is 9.98. The number of hydrogen-bond acceptors (Lipinski definition) is 7. The van der Waals surface area contributed by atoms with E-state index in [2.05, 4.69) is 79.6 Å². The Balaban J connectivity index is 1.13. The summed E-state index contributed by atoms with van der Waals surface area (Å²) in [4.78, 5) is 18.1. The van der Waals surface area contributed by atoms with Gasteiger partial charge in [-0.1, -0.05) is 100 Å². The van der Waals surface area contributed by atoms with E-state index in [9.17, 15) is 4.79 Å². The molecule has 7 rings (SSSR count). The highest BCUT2D eigenvalue weighted by Gasteiger charge is 2.29. The summed E-state index contributed by atoms with van der Waals surface area (Å²) in [6.07, 6.45) is 2.70. The van der Waals surface area contributed by atoms with Gasteiger partial charge in [0, 0.05) is 10.9 Å². The molecule has 0 spiro atoms. The van der Waals surface area contributed by atoms with Crippen molar-refractivity contribution in [2.24, 2.45) is 5.10 Å². The first-order valence-electron chi connectivity index (χ1n) is 13.5. The van der Waals surface area contributed by atoms with Crippen LogP contribution in [0.15, 0.2) is 124 Å². The van der Waals surface area contributed by atoms with Crippen molar-refractivity contribution in [3.8, 4) is 5.75 Å². The molecule has 1 unspecified atom stereocenters. The molecular weight excluding hydrogens is 610 g/mol. The van der Waals surface area contributed by atoms with Crippen molar-refractivity contribution in [2.75, 3.05) is 5.01 Å². The molecule has 1 aliphatic heterocycles. The normalized spacial score (nSPS) is 15.4. The number of nitrogens with zero attached hydrogens (tertiary/aromatic N) is 5. The van der Waals surface area contributed by atoms with Gasteiger partial charge in [0.15, 0.2) is 5.82 Å². The molecule has 0 saturated carbocycles. The number of rotatable bonds is 7. The molecule has 0 saturated heterocycles. The molecule has 2 aromatic heterocycles. The first-order valence-corrected chi connectivity index (χ1v) is 15.1. The van der Waals surface area contributed by atoms with Crippen molar-refractivity contribution >= 4 is 49.7 Å². The van der Waals surface area contributed by atoms with Crippen molar-refractivity contribution in [1.29, 1.82) is 0 Å². The van der Waals surface area contributed by atoms with Crippen LogP contribution < -0.4 is 19.8 Å². The summed E-state index contributed by atoms with van der Waals surface area (Å²) in [5.74, 6) is 1.17. The first-order chi connectivity index (χ1) is 20.6. The minimum absolute atomic E-state index is 0.0996. The average Bonchev–Trinajstić information content (AvgIpc) is 3.73. The lowest BCUT2D eigenvalue weighted by Gasteiger charge is -2.24. The number of benzene rings is 4. The molecule has 3 heterocycles. The summed E-state index contributed by atoms with van der Waals surface area (Å²) in [5.41, 5.74) is 5.13. The second kappa shape index (κ2) is 11.3. The molecular formula is C33H24BrN5O2S. The molecule has 1 aliphatic rings. The highest BCUT2D eigenvalue weighted by Crippen LogP contribution is 2.36. The predicted molar refractivity (Wildman–Crippen MR) is 170 cm³/mol. The second-order valence-electron chi connectivity index (χ2n) is 9.86. The monoisotopic (exact) mass is 633 g/mol. The molecule has 0 aliphatic carbocycles. The lowest BCUT2D eigenvalue weighted by Crippen LogP contribution is -2.24. The molecule has 1 atom stereocenters. The Morgan fingerprint density at radius 3 is 2.33 bits per heavy atom. The Bertz CT molecular complexity index is 1990. The molecule has 0 fully saturated rings. The van der Waals surface area contributed by atoms with Crippen molar-refractivity contribution in [1.82, 2.24) is 14.6 Å². The Kier molecular flexibility index (Phi) is 7.11. The maximum absolute atomic E-state index is 13.1. The van der Waals surface area contributed by atoms with Crippen molar-refractivity contribution in [3.05, 3.63) is 151 Å². The van der Waals surface area contributed by atoms with Crippen LogP contribution in [0.4, 0.5) is 5.69 Å². The van der Waals surface area contributed by atoms with Gasteiger partial charge in [-0.25, -0.2) is 0 Å². The summed E-state index contributed by atoms with van der Waals surface area (Å²) < 4.78 is 8.65. The number of aromatic nitrogens is 3. The zero-order chi connectivity index (χ0) is 28.5. The van der Waals surface area contributed by atoms with Crippen LogP contribution in [0, 0.1) is 0 Å². The van der Waals surface area contributed by atoms with E-state index in [1.165, 1.54) is 21.4 Å².